The second-order valence-electron chi connectivity index (χ2n) is 6.63. The normalized spacial score (nSPS) is 11.7. The second-order valence-corrected chi connectivity index (χ2v) is 8.33. The Kier molecular flexibility index (Phi) is 5.08. The van der Waals surface area contributed by atoms with Crippen molar-refractivity contribution in [2.45, 2.75) is 32.2 Å². The third kappa shape index (κ3) is 3.89. The summed E-state index contributed by atoms with van der Waals surface area (Å²) in [5.74, 6) is 0.602. The Morgan fingerprint density at radius 3 is 2.33 bits per heavy atom. The first kappa shape index (κ1) is 19.1. The number of pyridine rings is 1. The fourth-order valence-electron chi connectivity index (χ4n) is 3.20. The second kappa shape index (κ2) is 7.17. The van der Waals surface area contributed by atoms with Crippen LogP contribution in [-0.4, -0.2) is 20.5 Å². The predicted molar refractivity (Wildman–Crippen MR) is 106 cm³/mol. The molecule has 2 N–H and O–H groups in total. The van der Waals surface area contributed by atoms with Crippen LogP contribution in [0.3, 0.4) is 0 Å². The summed E-state index contributed by atoms with van der Waals surface area (Å²) < 4.78 is 33.3. The molecule has 3 rings (SSSR count). The maximum atomic E-state index is 12.8. The summed E-state index contributed by atoms with van der Waals surface area (Å²) in [6.07, 6.45) is 0. The van der Waals surface area contributed by atoms with E-state index in [1.54, 1.807) is 32.0 Å². The number of ether oxygens (including phenoxy) is 1. The summed E-state index contributed by atoms with van der Waals surface area (Å²) in [6.45, 7) is 5.31. The summed E-state index contributed by atoms with van der Waals surface area (Å²) in [5, 5.41) is 0.862. The van der Waals surface area contributed by atoms with Crippen LogP contribution < -0.4 is 15.0 Å². The lowest BCUT2D eigenvalue weighted by Crippen LogP contribution is -2.28. The van der Waals surface area contributed by atoms with Crippen LogP contribution in [0.5, 0.6) is 5.75 Å². The van der Waals surface area contributed by atoms with Crippen molar-refractivity contribution >= 4 is 20.9 Å². The number of H-pyrrole nitrogens is 1. The topological polar surface area (TPSA) is 88.3 Å². The Labute approximate surface area is 158 Å². The van der Waals surface area contributed by atoms with E-state index in [4.69, 9.17) is 4.74 Å². The van der Waals surface area contributed by atoms with Crippen LogP contribution in [0.25, 0.3) is 10.9 Å². The van der Waals surface area contributed by atoms with E-state index in [1.807, 2.05) is 25.1 Å². The number of methoxy groups -OCH3 is 1. The maximum absolute atomic E-state index is 12.8. The first-order chi connectivity index (χ1) is 12.7. The number of rotatable bonds is 5. The standard InChI is InChI=1S/C20H22N2O4S/c1-12-5-6-18-15(7-12)10-16(20(23)22-18)11-21-27(24,25)19-13(2)8-17(26-4)9-14(19)3/h5-10,21H,11H2,1-4H3,(H,22,23). The number of aromatic amines is 1. The molecule has 0 bridgehead atoms. The van der Waals surface area contributed by atoms with Gasteiger partial charge in [-0.1, -0.05) is 11.6 Å². The van der Waals surface area contributed by atoms with E-state index in [1.165, 1.54) is 7.11 Å². The van der Waals surface area contributed by atoms with Crippen LogP contribution in [0.15, 0.2) is 46.1 Å². The molecule has 3 aromatic rings. The van der Waals surface area contributed by atoms with Gasteiger partial charge in [0.25, 0.3) is 5.56 Å². The van der Waals surface area contributed by atoms with Crippen molar-refractivity contribution in [2.24, 2.45) is 0 Å². The molecule has 0 aliphatic carbocycles. The fraction of sp³-hybridized carbons (Fsp3) is 0.250. The number of hydrogen-bond acceptors (Lipinski definition) is 4. The number of nitrogens with one attached hydrogen (secondary N) is 2. The van der Waals surface area contributed by atoms with Gasteiger partial charge in [-0.2, -0.15) is 0 Å². The number of hydrogen-bond donors (Lipinski definition) is 2. The number of sulfonamides is 1. The zero-order valence-electron chi connectivity index (χ0n) is 15.7. The minimum atomic E-state index is -3.78. The van der Waals surface area contributed by atoms with Gasteiger partial charge in [0, 0.05) is 17.6 Å². The van der Waals surface area contributed by atoms with Crippen molar-refractivity contribution in [1.82, 2.24) is 9.71 Å². The molecule has 6 nitrogen and oxygen atoms in total. The smallest absolute Gasteiger partial charge is 0.252 e. The van der Waals surface area contributed by atoms with Crippen LogP contribution in [0.2, 0.25) is 0 Å². The van der Waals surface area contributed by atoms with Gasteiger partial charge < -0.3 is 9.72 Å². The van der Waals surface area contributed by atoms with Crippen molar-refractivity contribution in [3.8, 4) is 5.75 Å². The lowest BCUT2D eigenvalue weighted by molar-refractivity contribution is 0.413. The van der Waals surface area contributed by atoms with Crippen LogP contribution in [0.1, 0.15) is 22.3 Å². The van der Waals surface area contributed by atoms with E-state index in [2.05, 4.69) is 9.71 Å². The van der Waals surface area contributed by atoms with Crippen molar-refractivity contribution in [3.63, 3.8) is 0 Å². The first-order valence-corrected chi connectivity index (χ1v) is 9.97. The minimum absolute atomic E-state index is 0.0908. The van der Waals surface area contributed by atoms with Crippen molar-refractivity contribution in [2.75, 3.05) is 7.11 Å². The molecule has 1 heterocycles. The Bertz CT molecular complexity index is 1160. The first-order valence-electron chi connectivity index (χ1n) is 8.49. The van der Waals surface area contributed by atoms with Gasteiger partial charge in [-0.25, -0.2) is 13.1 Å². The molecular weight excluding hydrogens is 364 g/mol. The zero-order chi connectivity index (χ0) is 19.8. The van der Waals surface area contributed by atoms with Gasteiger partial charge in [-0.3, -0.25) is 4.79 Å². The predicted octanol–water partition coefficient (Wildman–Crippen LogP) is 2.94. The molecule has 0 atom stereocenters. The zero-order valence-corrected chi connectivity index (χ0v) is 16.5. The average molecular weight is 386 g/mol. The third-order valence-electron chi connectivity index (χ3n) is 4.47. The number of aromatic nitrogens is 1. The molecular formula is C20H22N2O4S. The highest BCUT2D eigenvalue weighted by Crippen LogP contribution is 2.25. The van der Waals surface area contributed by atoms with Gasteiger partial charge in [0.15, 0.2) is 0 Å². The lowest BCUT2D eigenvalue weighted by Gasteiger charge is -2.14. The lowest BCUT2D eigenvalue weighted by atomic mass is 10.1. The number of benzene rings is 2. The summed E-state index contributed by atoms with van der Waals surface area (Å²) in [6, 6.07) is 10.8. The van der Waals surface area contributed by atoms with Crippen molar-refractivity contribution < 1.29 is 13.2 Å². The maximum Gasteiger partial charge on any atom is 0.252 e. The summed E-state index contributed by atoms with van der Waals surface area (Å²) in [7, 11) is -2.25. The van der Waals surface area contributed by atoms with Gasteiger partial charge in [0.05, 0.1) is 12.0 Å². The summed E-state index contributed by atoms with van der Waals surface area (Å²) >= 11 is 0. The molecule has 0 aliphatic rings. The SMILES string of the molecule is COc1cc(C)c(S(=O)(=O)NCc2cc3cc(C)ccc3[nH]c2=O)c(C)c1. The Balaban J connectivity index is 1.93. The monoisotopic (exact) mass is 386 g/mol. The molecule has 7 heteroatoms. The molecule has 2 aromatic carbocycles. The average Bonchev–Trinajstić information content (AvgIpc) is 2.59. The van der Waals surface area contributed by atoms with Crippen molar-refractivity contribution in [3.05, 3.63) is 69.0 Å². The largest absolute Gasteiger partial charge is 0.497 e. The molecule has 0 saturated carbocycles. The number of fused-ring (bicyclic) bond motifs is 1. The van der Waals surface area contributed by atoms with E-state index in [0.29, 0.717) is 22.4 Å². The van der Waals surface area contributed by atoms with E-state index in [9.17, 15) is 13.2 Å². The van der Waals surface area contributed by atoms with E-state index >= 15 is 0 Å². The van der Waals surface area contributed by atoms with Crippen LogP contribution in [-0.2, 0) is 16.6 Å². The van der Waals surface area contributed by atoms with Gasteiger partial charge in [0.1, 0.15) is 5.75 Å². The molecule has 0 radical (unpaired) electrons. The molecule has 0 fully saturated rings. The summed E-state index contributed by atoms with van der Waals surface area (Å²) in [5.41, 5.74) is 3.01. The highest BCUT2D eigenvalue weighted by atomic mass is 32.2. The highest BCUT2D eigenvalue weighted by molar-refractivity contribution is 7.89. The molecule has 0 unspecified atom stereocenters. The molecule has 0 spiro atoms. The Hall–Kier alpha value is -2.64. The highest BCUT2D eigenvalue weighted by Gasteiger charge is 2.21. The molecule has 0 saturated heterocycles. The molecule has 1 aromatic heterocycles. The molecule has 0 amide bonds. The van der Waals surface area contributed by atoms with Crippen LogP contribution in [0.4, 0.5) is 0 Å². The van der Waals surface area contributed by atoms with Gasteiger partial charge in [-0.15, -0.1) is 0 Å². The van der Waals surface area contributed by atoms with E-state index < -0.39 is 10.0 Å². The van der Waals surface area contributed by atoms with Gasteiger partial charge >= 0.3 is 0 Å². The molecule has 27 heavy (non-hydrogen) atoms. The third-order valence-corrected chi connectivity index (χ3v) is 6.17. The minimum Gasteiger partial charge on any atom is -0.497 e. The van der Waals surface area contributed by atoms with E-state index in [-0.39, 0.29) is 17.0 Å². The van der Waals surface area contributed by atoms with Crippen molar-refractivity contribution in [1.29, 1.82) is 0 Å². The molecule has 0 aliphatic heterocycles. The van der Waals surface area contributed by atoms with Crippen LogP contribution in [0, 0.1) is 20.8 Å². The quantitative estimate of drug-likeness (QED) is 0.706. The Morgan fingerprint density at radius 2 is 1.70 bits per heavy atom. The summed E-state index contributed by atoms with van der Waals surface area (Å²) in [4.78, 5) is 15.3. The van der Waals surface area contributed by atoms with Gasteiger partial charge in [-0.05, 0) is 67.6 Å². The Morgan fingerprint density at radius 1 is 1.04 bits per heavy atom. The van der Waals surface area contributed by atoms with Crippen LogP contribution >= 0.6 is 0 Å². The van der Waals surface area contributed by atoms with E-state index in [0.717, 1.165) is 16.5 Å². The van der Waals surface area contributed by atoms with Gasteiger partial charge in [0.2, 0.25) is 10.0 Å². The fourth-order valence-corrected chi connectivity index (χ4v) is 4.66. The molecule has 142 valence electrons. The number of aryl methyl sites for hydroxylation is 3.